The largest absolute Gasteiger partial charge is 0.508 e. The van der Waals surface area contributed by atoms with Gasteiger partial charge in [-0.05, 0) is 75.4 Å². The van der Waals surface area contributed by atoms with Crippen LogP contribution in [0.25, 0.3) is 0 Å². The molecule has 0 bridgehead atoms. The molecule has 38 heavy (non-hydrogen) atoms. The maximum absolute atomic E-state index is 13.9. The zero-order valence-corrected chi connectivity index (χ0v) is 23.6. The topological polar surface area (TPSA) is 108 Å². The molecule has 9 heteroatoms. The van der Waals surface area contributed by atoms with Crippen LogP contribution in [-0.4, -0.2) is 39.6 Å². The van der Waals surface area contributed by atoms with E-state index in [4.69, 9.17) is 22.8 Å². The molecule has 3 amide bonds. The van der Waals surface area contributed by atoms with Crippen LogP contribution in [-0.2, 0) is 14.3 Å². The smallest absolute Gasteiger partial charge is 0.408 e. The Labute approximate surface area is 229 Å². The number of anilines is 1. The minimum absolute atomic E-state index is 0.0255. The average molecular weight is 542 g/mol. The third kappa shape index (κ3) is 7.65. The summed E-state index contributed by atoms with van der Waals surface area (Å²) < 4.78 is 5.36. The minimum atomic E-state index is -1.30. The normalized spacial score (nSPS) is 13.4. The molecule has 3 unspecified atom stereocenters. The first kappa shape index (κ1) is 30.5. The SMILES string of the molecule is C#CN(C(=O)C(NC(=O)OC(C)(C)C)C(C)CC)C(C(=O)Nc1c(C)cccc1Cl)c1ccc(O)c(C)c1. The van der Waals surface area contributed by atoms with Gasteiger partial charge in [-0.25, -0.2) is 4.79 Å². The van der Waals surface area contributed by atoms with Crippen LogP contribution in [0.2, 0.25) is 5.02 Å². The number of phenolic OH excluding ortho intramolecular Hbond substituents is 1. The summed E-state index contributed by atoms with van der Waals surface area (Å²) >= 11 is 6.34. The van der Waals surface area contributed by atoms with E-state index in [1.54, 1.807) is 65.8 Å². The van der Waals surface area contributed by atoms with Crippen molar-refractivity contribution in [1.82, 2.24) is 10.2 Å². The average Bonchev–Trinajstić information content (AvgIpc) is 2.83. The molecule has 8 nitrogen and oxygen atoms in total. The molecule has 2 aromatic carbocycles. The molecule has 0 saturated heterocycles. The molecule has 204 valence electrons. The molecule has 0 aliphatic rings. The Bertz CT molecular complexity index is 1210. The van der Waals surface area contributed by atoms with Crippen molar-refractivity contribution >= 4 is 35.2 Å². The zero-order valence-electron chi connectivity index (χ0n) is 22.9. The molecule has 3 atom stereocenters. The van der Waals surface area contributed by atoms with E-state index in [0.717, 1.165) is 4.90 Å². The van der Waals surface area contributed by atoms with E-state index in [1.165, 1.54) is 12.1 Å². The lowest BCUT2D eigenvalue weighted by molar-refractivity contribution is -0.137. The summed E-state index contributed by atoms with van der Waals surface area (Å²) in [4.78, 5) is 41.2. The Morgan fingerprint density at radius 3 is 2.34 bits per heavy atom. The van der Waals surface area contributed by atoms with Gasteiger partial charge in [0, 0.05) is 6.04 Å². The Morgan fingerprint density at radius 2 is 1.82 bits per heavy atom. The minimum Gasteiger partial charge on any atom is -0.508 e. The van der Waals surface area contributed by atoms with Crippen molar-refractivity contribution in [3.8, 4) is 18.2 Å². The van der Waals surface area contributed by atoms with Gasteiger partial charge in [0.15, 0.2) is 0 Å². The van der Waals surface area contributed by atoms with Crippen molar-refractivity contribution in [2.24, 2.45) is 5.92 Å². The molecule has 0 aliphatic carbocycles. The summed E-state index contributed by atoms with van der Waals surface area (Å²) in [5.41, 5.74) is 1.18. The quantitative estimate of drug-likeness (QED) is 0.293. The van der Waals surface area contributed by atoms with E-state index in [9.17, 15) is 19.5 Å². The van der Waals surface area contributed by atoms with Crippen LogP contribution in [0.1, 0.15) is 63.8 Å². The summed E-state index contributed by atoms with van der Waals surface area (Å²) in [6.45, 7) is 12.3. The lowest BCUT2D eigenvalue weighted by atomic mass is 9.95. The van der Waals surface area contributed by atoms with E-state index in [1.807, 2.05) is 6.92 Å². The third-order valence-electron chi connectivity index (χ3n) is 6.04. The van der Waals surface area contributed by atoms with E-state index in [2.05, 4.69) is 16.7 Å². The number of carbonyl (C=O) groups excluding carboxylic acids is 3. The molecular weight excluding hydrogens is 506 g/mol. The molecule has 3 N–H and O–H groups in total. The van der Waals surface area contributed by atoms with Gasteiger partial charge in [0.1, 0.15) is 23.4 Å². The maximum atomic E-state index is 13.9. The van der Waals surface area contributed by atoms with Gasteiger partial charge >= 0.3 is 6.09 Å². The molecule has 2 rings (SSSR count). The van der Waals surface area contributed by atoms with E-state index >= 15 is 0 Å². The van der Waals surface area contributed by atoms with Crippen LogP contribution >= 0.6 is 11.6 Å². The second-order valence-electron chi connectivity index (χ2n) is 10.2. The number of alkyl carbamates (subject to hydrolysis) is 1. The first-order valence-corrected chi connectivity index (χ1v) is 12.7. The molecule has 0 aromatic heterocycles. The predicted molar refractivity (Wildman–Crippen MR) is 149 cm³/mol. The van der Waals surface area contributed by atoms with Crippen molar-refractivity contribution in [3.63, 3.8) is 0 Å². The molecule has 2 aromatic rings. The van der Waals surface area contributed by atoms with Crippen LogP contribution in [0.4, 0.5) is 10.5 Å². The first-order valence-electron chi connectivity index (χ1n) is 12.3. The van der Waals surface area contributed by atoms with Gasteiger partial charge in [-0.15, -0.1) is 0 Å². The molecule has 0 aliphatic heterocycles. The van der Waals surface area contributed by atoms with Crippen molar-refractivity contribution in [2.75, 3.05) is 5.32 Å². The summed E-state index contributed by atoms with van der Waals surface area (Å²) in [6, 6.07) is 9.68. The van der Waals surface area contributed by atoms with Crippen LogP contribution < -0.4 is 10.6 Å². The van der Waals surface area contributed by atoms with Gasteiger partial charge in [-0.2, -0.15) is 0 Å². The highest BCUT2D eigenvalue weighted by atomic mass is 35.5. The number of aromatic hydroxyl groups is 1. The number of para-hydroxylation sites is 1. The van der Waals surface area contributed by atoms with Gasteiger partial charge in [-0.1, -0.05) is 56.5 Å². The van der Waals surface area contributed by atoms with Gasteiger partial charge in [0.05, 0.1) is 10.7 Å². The predicted octanol–water partition coefficient (Wildman–Crippen LogP) is 5.70. The lowest BCUT2D eigenvalue weighted by Gasteiger charge is -2.32. The molecule has 0 spiro atoms. The van der Waals surface area contributed by atoms with Crippen LogP contribution in [0, 0.1) is 32.2 Å². The number of carbonyl (C=O) groups is 3. The monoisotopic (exact) mass is 541 g/mol. The number of nitrogens with one attached hydrogen (secondary N) is 2. The summed E-state index contributed by atoms with van der Waals surface area (Å²) in [5, 5.41) is 15.8. The second-order valence-corrected chi connectivity index (χ2v) is 10.6. The Balaban J connectivity index is 2.56. The number of benzene rings is 2. The highest BCUT2D eigenvalue weighted by molar-refractivity contribution is 6.34. The standard InChI is InChI=1S/C29H36ClN3O5/c1-9-17(3)24(32-28(37)38-29(6,7)8)27(36)33(10-2)25(20-14-15-22(34)19(5)16-20)26(35)31-23-18(4)12-11-13-21(23)30/h2,11-17,24-25,34H,9H2,1,3-8H3,(H,31,35)(H,32,37). The third-order valence-corrected chi connectivity index (χ3v) is 6.36. The van der Waals surface area contributed by atoms with E-state index in [-0.39, 0.29) is 11.7 Å². The highest BCUT2D eigenvalue weighted by Gasteiger charge is 2.38. The number of rotatable bonds is 8. The highest BCUT2D eigenvalue weighted by Crippen LogP contribution is 2.31. The molecular formula is C29H36ClN3O5. The summed E-state index contributed by atoms with van der Waals surface area (Å²) in [7, 11) is 0. The Morgan fingerprint density at radius 1 is 1.16 bits per heavy atom. The molecule has 0 fully saturated rings. The van der Waals surface area contributed by atoms with E-state index in [0.29, 0.717) is 33.8 Å². The number of terminal acetylenes is 1. The van der Waals surface area contributed by atoms with Crippen molar-refractivity contribution in [3.05, 3.63) is 58.1 Å². The maximum Gasteiger partial charge on any atom is 0.408 e. The van der Waals surface area contributed by atoms with Gasteiger partial charge in [0.2, 0.25) is 0 Å². The van der Waals surface area contributed by atoms with Gasteiger partial charge < -0.3 is 20.5 Å². The fraction of sp³-hybridized carbons (Fsp3) is 0.414. The zero-order chi connectivity index (χ0) is 28.8. The molecule has 0 heterocycles. The van der Waals surface area contributed by atoms with Gasteiger partial charge in [-0.3, -0.25) is 14.5 Å². The van der Waals surface area contributed by atoms with Crippen LogP contribution in [0.3, 0.4) is 0 Å². The van der Waals surface area contributed by atoms with E-state index < -0.39 is 35.6 Å². The second kappa shape index (κ2) is 12.7. The number of halogens is 1. The number of aryl methyl sites for hydroxylation is 2. The number of ether oxygens (including phenoxy) is 1. The fourth-order valence-electron chi connectivity index (χ4n) is 3.78. The van der Waals surface area contributed by atoms with Crippen LogP contribution in [0.5, 0.6) is 5.75 Å². The molecule has 0 saturated carbocycles. The fourth-order valence-corrected chi connectivity index (χ4v) is 4.05. The van der Waals surface area contributed by atoms with Gasteiger partial charge in [0.25, 0.3) is 11.8 Å². The summed E-state index contributed by atoms with van der Waals surface area (Å²) in [5.74, 6) is -1.58. The lowest BCUT2D eigenvalue weighted by Crippen LogP contribution is -2.53. The number of amides is 3. The van der Waals surface area contributed by atoms with Crippen molar-refractivity contribution in [2.45, 2.75) is 72.6 Å². The number of phenols is 1. The van der Waals surface area contributed by atoms with Crippen molar-refractivity contribution < 1.29 is 24.2 Å². The summed E-state index contributed by atoms with van der Waals surface area (Å²) in [6.07, 6.45) is 5.60. The first-order chi connectivity index (χ1) is 17.7. The Hall–Kier alpha value is -3.70. The van der Waals surface area contributed by atoms with Crippen LogP contribution in [0.15, 0.2) is 36.4 Å². The molecule has 0 radical (unpaired) electrons. The number of hydrogen-bond acceptors (Lipinski definition) is 5. The van der Waals surface area contributed by atoms with Crippen molar-refractivity contribution in [1.29, 1.82) is 0 Å². The Kier molecular flexibility index (Phi) is 10.2. The number of nitrogens with zero attached hydrogens (tertiary/aromatic N) is 1. The number of hydrogen-bond donors (Lipinski definition) is 3.